The molecule has 0 spiro atoms. The molecule has 1 aromatic rings. The van der Waals surface area contributed by atoms with Gasteiger partial charge in [-0.25, -0.2) is 0 Å². The molecule has 2 aliphatic rings. The zero-order valence-electron chi connectivity index (χ0n) is 13.7. The average Bonchev–Trinajstić information content (AvgIpc) is 3.33. The molecule has 5 heteroatoms. The Kier molecular flexibility index (Phi) is 4.81. The lowest BCUT2D eigenvalue weighted by Crippen LogP contribution is -2.43. The van der Waals surface area contributed by atoms with Gasteiger partial charge in [-0.05, 0) is 31.2 Å². The first-order valence-electron chi connectivity index (χ1n) is 8.62. The SMILES string of the molecule is CCCCC(C(=O)OC)N1CCc2[nH]nc(C3CC3)c2CC1. The molecule has 22 heavy (non-hydrogen) atoms. The summed E-state index contributed by atoms with van der Waals surface area (Å²) < 4.78 is 5.03. The molecule has 0 amide bonds. The summed E-state index contributed by atoms with van der Waals surface area (Å²) in [4.78, 5) is 14.5. The molecule has 1 aliphatic carbocycles. The Morgan fingerprint density at radius 1 is 1.41 bits per heavy atom. The number of aromatic nitrogens is 2. The van der Waals surface area contributed by atoms with Crippen molar-refractivity contribution >= 4 is 5.97 Å². The minimum atomic E-state index is -0.0914. The van der Waals surface area contributed by atoms with Crippen molar-refractivity contribution in [1.82, 2.24) is 15.1 Å². The molecule has 5 nitrogen and oxygen atoms in total. The minimum absolute atomic E-state index is 0.0837. The van der Waals surface area contributed by atoms with Gasteiger partial charge in [0.25, 0.3) is 0 Å². The number of hydrogen-bond donors (Lipinski definition) is 1. The molecule has 0 saturated heterocycles. The summed E-state index contributed by atoms with van der Waals surface area (Å²) >= 11 is 0. The zero-order chi connectivity index (χ0) is 15.5. The van der Waals surface area contributed by atoms with E-state index in [0.717, 1.165) is 45.2 Å². The molecule has 0 bridgehead atoms. The summed E-state index contributed by atoms with van der Waals surface area (Å²) in [6.45, 7) is 3.99. The van der Waals surface area contributed by atoms with Crippen molar-refractivity contribution in [3.8, 4) is 0 Å². The highest BCUT2D eigenvalue weighted by Crippen LogP contribution is 2.41. The van der Waals surface area contributed by atoms with Crippen LogP contribution in [0.15, 0.2) is 0 Å². The number of rotatable bonds is 6. The zero-order valence-corrected chi connectivity index (χ0v) is 13.7. The number of carbonyl (C=O) groups excluding carboxylic acids is 1. The first-order chi connectivity index (χ1) is 10.7. The first-order valence-corrected chi connectivity index (χ1v) is 8.62. The molecule has 0 aromatic carbocycles. The molecule has 122 valence electrons. The van der Waals surface area contributed by atoms with Crippen LogP contribution in [-0.4, -0.2) is 47.3 Å². The Labute approximate surface area is 132 Å². The van der Waals surface area contributed by atoms with Gasteiger partial charge >= 0.3 is 5.97 Å². The fourth-order valence-corrected chi connectivity index (χ4v) is 3.51. The van der Waals surface area contributed by atoms with E-state index >= 15 is 0 Å². The van der Waals surface area contributed by atoms with Gasteiger partial charge in [-0.1, -0.05) is 19.8 Å². The van der Waals surface area contributed by atoms with Crippen LogP contribution in [0.3, 0.4) is 0 Å². The summed E-state index contributed by atoms with van der Waals surface area (Å²) in [6.07, 6.45) is 7.58. The van der Waals surface area contributed by atoms with E-state index in [-0.39, 0.29) is 12.0 Å². The normalized spacial score (nSPS) is 20.3. The quantitative estimate of drug-likeness (QED) is 0.820. The number of nitrogens with zero attached hydrogens (tertiary/aromatic N) is 2. The lowest BCUT2D eigenvalue weighted by atomic mass is 10.1. The van der Waals surface area contributed by atoms with E-state index in [2.05, 4.69) is 22.0 Å². The van der Waals surface area contributed by atoms with Crippen molar-refractivity contribution < 1.29 is 9.53 Å². The highest BCUT2D eigenvalue weighted by atomic mass is 16.5. The average molecular weight is 305 g/mol. The van der Waals surface area contributed by atoms with Crippen LogP contribution in [0.4, 0.5) is 0 Å². The maximum absolute atomic E-state index is 12.1. The lowest BCUT2D eigenvalue weighted by Gasteiger charge is -2.28. The van der Waals surface area contributed by atoms with Gasteiger partial charge in [0.05, 0.1) is 12.8 Å². The van der Waals surface area contributed by atoms with Crippen LogP contribution in [0.25, 0.3) is 0 Å². The first kappa shape index (κ1) is 15.5. The lowest BCUT2D eigenvalue weighted by molar-refractivity contribution is -0.147. The maximum Gasteiger partial charge on any atom is 0.323 e. The fraction of sp³-hybridized carbons (Fsp3) is 0.765. The summed E-state index contributed by atoms with van der Waals surface area (Å²) in [5.41, 5.74) is 3.99. The van der Waals surface area contributed by atoms with E-state index in [1.807, 2.05) is 0 Å². The molecule has 0 radical (unpaired) electrons. The second-order valence-corrected chi connectivity index (χ2v) is 6.56. The molecule has 1 saturated carbocycles. The Balaban J connectivity index is 1.70. The second kappa shape index (κ2) is 6.82. The predicted molar refractivity (Wildman–Crippen MR) is 84.9 cm³/mol. The molecule has 3 rings (SSSR count). The van der Waals surface area contributed by atoms with Crippen molar-refractivity contribution in [3.05, 3.63) is 17.0 Å². The van der Waals surface area contributed by atoms with Gasteiger partial charge in [-0.2, -0.15) is 5.10 Å². The number of esters is 1. The third-order valence-electron chi connectivity index (χ3n) is 4.99. The van der Waals surface area contributed by atoms with Gasteiger partial charge in [0.15, 0.2) is 0 Å². The predicted octanol–water partition coefficient (Wildman–Crippen LogP) is 2.42. The molecule has 1 aromatic heterocycles. The molecule has 2 heterocycles. The van der Waals surface area contributed by atoms with Gasteiger partial charge < -0.3 is 4.74 Å². The highest BCUT2D eigenvalue weighted by molar-refractivity contribution is 5.75. The Bertz CT molecular complexity index is 522. The van der Waals surface area contributed by atoms with Crippen LogP contribution in [0.2, 0.25) is 0 Å². The Hall–Kier alpha value is -1.36. The van der Waals surface area contributed by atoms with Crippen molar-refractivity contribution in [1.29, 1.82) is 0 Å². The molecule has 1 fully saturated rings. The molecule has 1 N–H and O–H groups in total. The van der Waals surface area contributed by atoms with Crippen LogP contribution in [0.5, 0.6) is 0 Å². The number of nitrogens with one attached hydrogen (secondary N) is 1. The van der Waals surface area contributed by atoms with Gasteiger partial charge in [-0.15, -0.1) is 0 Å². The van der Waals surface area contributed by atoms with Gasteiger partial charge in [0.2, 0.25) is 0 Å². The molecular weight excluding hydrogens is 278 g/mol. The monoisotopic (exact) mass is 305 g/mol. The van der Waals surface area contributed by atoms with E-state index in [9.17, 15) is 4.79 Å². The van der Waals surface area contributed by atoms with Crippen molar-refractivity contribution in [2.75, 3.05) is 20.2 Å². The van der Waals surface area contributed by atoms with E-state index in [1.165, 1.54) is 36.9 Å². The van der Waals surface area contributed by atoms with E-state index in [0.29, 0.717) is 5.92 Å². The topological polar surface area (TPSA) is 58.2 Å². The van der Waals surface area contributed by atoms with E-state index in [4.69, 9.17) is 4.74 Å². The highest BCUT2D eigenvalue weighted by Gasteiger charge is 2.33. The summed E-state index contributed by atoms with van der Waals surface area (Å²) in [5.74, 6) is 0.600. The van der Waals surface area contributed by atoms with Gasteiger partial charge in [0, 0.05) is 31.1 Å². The van der Waals surface area contributed by atoms with Crippen LogP contribution in [0, 0.1) is 0 Å². The van der Waals surface area contributed by atoms with Gasteiger partial charge in [-0.3, -0.25) is 14.8 Å². The number of aromatic amines is 1. The number of H-pyrrole nitrogens is 1. The smallest absolute Gasteiger partial charge is 0.323 e. The van der Waals surface area contributed by atoms with E-state index < -0.39 is 0 Å². The maximum atomic E-state index is 12.1. The van der Waals surface area contributed by atoms with Gasteiger partial charge in [0.1, 0.15) is 6.04 Å². The molecule has 1 aliphatic heterocycles. The van der Waals surface area contributed by atoms with Crippen LogP contribution in [-0.2, 0) is 22.4 Å². The summed E-state index contributed by atoms with van der Waals surface area (Å²) in [7, 11) is 1.50. The summed E-state index contributed by atoms with van der Waals surface area (Å²) in [6, 6.07) is -0.0914. The van der Waals surface area contributed by atoms with Crippen molar-refractivity contribution in [3.63, 3.8) is 0 Å². The van der Waals surface area contributed by atoms with Crippen molar-refractivity contribution in [2.45, 2.75) is 63.8 Å². The Morgan fingerprint density at radius 2 is 2.18 bits per heavy atom. The van der Waals surface area contributed by atoms with Crippen LogP contribution >= 0.6 is 0 Å². The second-order valence-electron chi connectivity index (χ2n) is 6.56. The minimum Gasteiger partial charge on any atom is -0.468 e. The third kappa shape index (κ3) is 3.19. The largest absolute Gasteiger partial charge is 0.468 e. The van der Waals surface area contributed by atoms with Crippen molar-refractivity contribution in [2.24, 2.45) is 0 Å². The fourth-order valence-electron chi connectivity index (χ4n) is 3.51. The molecular formula is C17H27N3O2. The van der Waals surface area contributed by atoms with Crippen LogP contribution in [0.1, 0.15) is 61.9 Å². The standard InChI is InChI=1S/C17H27N3O2/c1-3-4-5-15(17(21)22-2)20-10-8-13-14(9-11-20)18-19-16(13)12-6-7-12/h12,15H,3-11H2,1-2H3,(H,18,19). The Morgan fingerprint density at radius 3 is 2.86 bits per heavy atom. The summed E-state index contributed by atoms with van der Waals surface area (Å²) in [5, 5.41) is 7.78. The number of methoxy groups -OCH3 is 1. The number of ether oxygens (including phenoxy) is 1. The molecule has 1 atom stereocenters. The number of carbonyl (C=O) groups is 1. The molecule has 1 unspecified atom stereocenters. The number of unbranched alkanes of at least 4 members (excludes halogenated alkanes) is 1. The number of hydrogen-bond acceptors (Lipinski definition) is 4. The third-order valence-corrected chi connectivity index (χ3v) is 4.99. The van der Waals surface area contributed by atoms with E-state index in [1.54, 1.807) is 0 Å². The van der Waals surface area contributed by atoms with Crippen LogP contribution < -0.4 is 0 Å². The number of fused-ring (bicyclic) bond motifs is 1.